The topological polar surface area (TPSA) is 161 Å². The van der Waals surface area contributed by atoms with Crippen molar-refractivity contribution >= 4 is 23.9 Å². The zero-order valence-corrected chi connectivity index (χ0v) is 36.2. The van der Waals surface area contributed by atoms with Gasteiger partial charge in [0.25, 0.3) is 0 Å². The molecule has 190 valence electrons. The molecule has 0 heterocycles. The number of carbonyl (C=O) groups is 4. The average molecular weight is 663 g/mol. The molecule has 0 aliphatic carbocycles. The predicted octanol–water partition coefficient (Wildman–Crippen LogP) is -12.3. The summed E-state index contributed by atoms with van der Waals surface area (Å²) in [6.07, 6.45) is 0.209. The van der Waals surface area contributed by atoms with Gasteiger partial charge in [0.15, 0.2) is 0 Å². The summed E-state index contributed by atoms with van der Waals surface area (Å²) in [5.41, 5.74) is 1.22. The van der Waals surface area contributed by atoms with E-state index in [4.69, 9.17) is 0 Å². The minimum Gasteiger partial charge on any atom is -0.545 e. The first-order chi connectivity index (χ1) is 18.1. The molecule has 0 atom stereocenters. The maximum Gasteiger partial charge on any atom is 1.00 e. The Kier molecular flexibility index (Phi) is 20.5. The number of carboxylic acid groups (broad SMARTS) is 4. The van der Waals surface area contributed by atoms with Crippen LogP contribution in [-0.2, 0) is 11.8 Å². The van der Waals surface area contributed by atoms with Gasteiger partial charge in [0.1, 0.15) is 0 Å². The molecule has 0 bridgehead atoms. The van der Waals surface area contributed by atoms with E-state index in [1.165, 1.54) is 48.5 Å². The largest absolute Gasteiger partial charge is 1.00 e. The Balaban J connectivity index is 0.00000420. The molecule has 42 heavy (non-hydrogen) atoms. The Morgan fingerprint density at radius 1 is 0.405 bits per heavy atom. The number of carboxylic acids is 4. The van der Waals surface area contributed by atoms with Crippen molar-refractivity contribution < 1.29 is 245 Å². The van der Waals surface area contributed by atoms with Crippen LogP contribution >= 0.6 is 0 Å². The van der Waals surface area contributed by atoms with Crippen LogP contribution in [0, 0.1) is 0 Å². The van der Waals surface area contributed by atoms with Crippen LogP contribution in [-0.4, -0.2) is 23.9 Å². The van der Waals surface area contributed by atoms with Crippen molar-refractivity contribution in [2.45, 2.75) is 11.8 Å². The molecule has 0 saturated heterocycles. The van der Waals surface area contributed by atoms with Gasteiger partial charge in [0, 0.05) is 5.41 Å². The molecule has 0 amide bonds. The minimum absolute atomic E-state index is 0. The van der Waals surface area contributed by atoms with Gasteiger partial charge in [0.2, 0.25) is 0 Å². The van der Waals surface area contributed by atoms with E-state index in [0.29, 0.717) is 22.3 Å². The van der Waals surface area contributed by atoms with E-state index in [1.807, 2.05) is 0 Å². The van der Waals surface area contributed by atoms with Gasteiger partial charge >= 0.3 is 206 Å². The van der Waals surface area contributed by atoms with Gasteiger partial charge < -0.3 is 39.6 Å². The summed E-state index contributed by atoms with van der Waals surface area (Å²) in [6, 6.07) is 23.9. The number of carbonyl (C=O) groups excluding carboxylic acids is 4. The maximum atomic E-state index is 11.4. The van der Waals surface area contributed by atoms with Gasteiger partial charge in [-0.1, -0.05) is 97.1 Å². The summed E-state index contributed by atoms with van der Waals surface area (Å²) in [5, 5.41) is 45.4. The fourth-order valence-electron chi connectivity index (χ4n) is 4.54. The SMILES string of the molecule is O=C([O-])c1ccc(CC(c2ccc(C(=O)[O-])cc2)(c2ccc(C(=O)[O-])cc2)c2ccc(C(=O)[O-])cc2)cc1.[K+].[K+].[K+].[K+]. The summed E-state index contributed by atoms with van der Waals surface area (Å²) in [7, 11) is 0. The van der Waals surface area contributed by atoms with Crippen molar-refractivity contribution in [3.8, 4) is 0 Å². The molecule has 0 aliphatic rings. The molecule has 4 aromatic rings. The second-order valence-electron chi connectivity index (χ2n) is 8.66. The van der Waals surface area contributed by atoms with E-state index in [9.17, 15) is 39.6 Å². The zero-order valence-electron chi connectivity index (χ0n) is 23.7. The average Bonchev–Trinajstić information content (AvgIpc) is 2.92. The van der Waals surface area contributed by atoms with Crippen LogP contribution in [0.2, 0.25) is 0 Å². The molecule has 12 heteroatoms. The Labute approximate surface area is 412 Å². The molecule has 0 saturated carbocycles. The Bertz CT molecular complexity index is 1380. The fourth-order valence-corrected chi connectivity index (χ4v) is 4.54. The molecule has 4 aromatic carbocycles. The van der Waals surface area contributed by atoms with Crippen molar-refractivity contribution in [1.82, 2.24) is 0 Å². The standard InChI is InChI=1S/C30H22O8.4K/c31-26(32)19-3-1-18(2-4-19)17-30(23-11-5-20(6-12-23)27(33)34,24-13-7-21(8-14-24)28(35)36)25-15-9-22(10-16-25)29(37)38;;;;/h1-16H,17H2,(H,31,32)(H,33,34)(H,35,36)(H,37,38);;;;/q;4*+1/p-4. The molecule has 0 unspecified atom stereocenters. The Morgan fingerprint density at radius 3 is 0.833 bits per heavy atom. The van der Waals surface area contributed by atoms with Crippen LogP contribution < -0.4 is 226 Å². The van der Waals surface area contributed by atoms with Gasteiger partial charge in [0.05, 0.1) is 23.9 Å². The molecule has 0 radical (unpaired) electrons. The molecule has 4 rings (SSSR count). The molecule has 0 aliphatic heterocycles. The van der Waals surface area contributed by atoms with Crippen LogP contribution in [0.25, 0.3) is 0 Å². The Hall–Kier alpha value is 1.31. The van der Waals surface area contributed by atoms with E-state index in [1.54, 1.807) is 48.5 Å². The predicted molar refractivity (Wildman–Crippen MR) is 127 cm³/mol. The number of hydrogen-bond donors (Lipinski definition) is 0. The molecular formula is C30H18K4O8. The summed E-state index contributed by atoms with van der Waals surface area (Å²) in [5.74, 6) is -5.43. The van der Waals surface area contributed by atoms with Gasteiger partial charge in [-0.2, -0.15) is 0 Å². The van der Waals surface area contributed by atoms with Crippen LogP contribution in [0.5, 0.6) is 0 Å². The molecular weight excluding hydrogens is 645 g/mol. The maximum absolute atomic E-state index is 11.4. The van der Waals surface area contributed by atoms with E-state index in [0.717, 1.165) is 0 Å². The first kappa shape index (κ1) is 43.3. The molecule has 0 fully saturated rings. The summed E-state index contributed by atoms with van der Waals surface area (Å²) in [4.78, 5) is 45.4. The first-order valence-electron chi connectivity index (χ1n) is 11.4. The molecule has 8 nitrogen and oxygen atoms in total. The number of benzene rings is 4. The van der Waals surface area contributed by atoms with E-state index >= 15 is 0 Å². The van der Waals surface area contributed by atoms with E-state index in [-0.39, 0.29) is 234 Å². The van der Waals surface area contributed by atoms with Crippen molar-refractivity contribution in [1.29, 1.82) is 0 Å². The van der Waals surface area contributed by atoms with Crippen molar-refractivity contribution in [2.75, 3.05) is 0 Å². The third kappa shape index (κ3) is 10.4. The Morgan fingerprint density at radius 2 is 0.619 bits per heavy atom. The quantitative estimate of drug-likeness (QED) is 0.126. The normalized spacial score (nSPS) is 10.0. The van der Waals surface area contributed by atoms with Gasteiger partial charge in [-0.05, 0) is 50.9 Å². The second-order valence-corrected chi connectivity index (χ2v) is 8.66. The van der Waals surface area contributed by atoms with Crippen LogP contribution in [0.1, 0.15) is 63.7 Å². The van der Waals surface area contributed by atoms with Gasteiger partial charge in [-0.3, -0.25) is 0 Å². The minimum atomic E-state index is -1.36. The molecule has 0 spiro atoms. The van der Waals surface area contributed by atoms with Crippen LogP contribution in [0.3, 0.4) is 0 Å². The first-order valence-corrected chi connectivity index (χ1v) is 11.4. The van der Waals surface area contributed by atoms with Crippen LogP contribution in [0.15, 0.2) is 97.1 Å². The summed E-state index contributed by atoms with van der Waals surface area (Å²) >= 11 is 0. The third-order valence-electron chi connectivity index (χ3n) is 6.50. The monoisotopic (exact) mass is 662 g/mol. The van der Waals surface area contributed by atoms with Gasteiger partial charge in [-0.25, -0.2) is 0 Å². The van der Waals surface area contributed by atoms with Crippen molar-refractivity contribution in [3.63, 3.8) is 0 Å². The third-order valence-corrected chi connectivity index (χ3v) is 6.50. The fraction of sp³-hybridized carbons (Fsp3) is 0.0667. The van der Waals surface area contributed by atoms with Crippen LogP contribution in [0.4, 0.5) is 0 Å². The number of aromatic carboxylic acids is 4. The number of hydrogen-bond acceptors (Lipinski definition) is 8. The van der Waals surface area contributed by atoms with E-state index < -0.39 is 29.3 Å². The smallest absolute Gasteiger partial charge is 0.545 e. The molecule has 0 N–H and O–H groups in total. The summed E-state index contributed by atoms with van der Waals surface area (Å²) < 4.78 is 0. The number of rotatable bonds is 9. The van der Waals surface area contributed by atoms with Gasteiger partial charge in [-0.15, -0.1) is 0 Å². The molecule has 0 aromatic heterocycles. The zero-order chi connectivity index (χ0) is 27.4. The van der Waals surface area contributed by atoms with Crippen molar-refractivity contribution in [3.05, 3.63) is 142 Å². The summed E-state index contributed by atoms with van der Waals surface area (Å²) in [6.45, 7) is 0. The second kappa shape index (κ2) is 19.8. The van der Waals surface area contributed by atoms with Crippen molar-refractivity contribution in [2.24, 2.45) is 0 Å². The van der Waals surface area contributed by atoms with E-state index in [2.05, 4.69) is 0 Å².